The molecule has 2 N–H and O–H groups in total. The first-order valence-corrected chi connectivity index (χ1v) is 5.17. The van der Waals surface area contributed by atoms with Crippen LogP contribution in [0.5, 0.6) is 5.75 Å². The Balaban J connectivity index is 1.57. The molecule has 2 bridgehead atoms. The van der Waals surface area contributed by atoms with Gasteiger partial charge in [0.15, 0.2) is 0 Å². The van der Waals surface area contributed by atoms with E-state index in [-0.39, 0.29) is 5.54 Å². The summed E-state index contributed by atoms with van der Waals surface area (Å²) in [5, 5.41) is 0. The molecule has 1 aromatic rings. The summed E-state index contributed by atoms with van der Waals surface area (Å²) in [7, 11) is 0. The van der Waals surface area contributed by atoms with Crippen LogP contribution in [0.25, 0.3) is 0 Å². The van der Waals surface area contributed by atoms with Crippen LogP contribution < -0.4 is 10.5 Å². The molecule has 0 unspecified atom stereocenters. The van der Waals surface area contributed by atoms with Gasteiger partial charge >= 0.3 is 0 Å². The van der Waals surface area contributed by atoms with E-state index in [1.54, 1.807) is 0 Å². The molecule has 4 rings (SSSR count). The largest absolute Gasteiger partial charge is 0.493 e. The van der Waals surface area contributed by atoms with Gasteiger partial charge in [-0.1, -0.05) is 18.2 Å². The lowest BCUT2D eigenvalue weighted by Crippen LogP contribution is -2.73. The molecule has 3 fully saturated rings. The van der Waals surface area contributed by atoms with Crippen LogP contribution in [0.4, 0.5) is 0 Å². The van der Waals surface area contributed by atoms with Crippen molar-refractivity contribution >= 4 is 0 Å². The lowest BCUT2D eigenvalue weighted by molar-refractivity contribution is -0.153. The second-order valence-corrected chi connectivity index (χ2v) is 4.99. The van der Waals surface area contributed by atoms with E-state index in [2.05, 4.69) is 0 Å². The second kappa shape index (κ2) is 2.51. The first-order chi connectivity index (χ1) is 6.70. The fourth-order valence-electron chi connectivity index (χ4n) is 2.99. The second-order valence-electron chi connectivity index (χ2n) is 4.99. The highest BCUT2D eigenvalue weighted by Gasteiger charge is 2.66. The molecule has 0 heterocycles. The zero-order valence-corrected chi connectivity index (χ0v) is 8.20. The summed E-state index contributed by atoms with van der Waals surface area (Å²) >= 11 is 0. The van der Waals surface area contributed by atoms with Crippen LogP contribution in [0, 0.1) is 5.41 Å². The number of nitrogens with two attached hydrogens (primary N) is 1. The van der Waals surface area contributed by atoms with Crippen LogP contribution >= 0.6 is 0 Å². The van der Waals surface area contributed by atoms with Gasteiger partial charge in [-0.15, -0.1) is 0 Å². The number of para-hydroxylation sites is 1. The third kappa shape index (κ3) is 1.14. The Hall–Kier alpha value is -1.02. The molecule has 2 nitrogen and oxygen atoms in total. The Morgan fingerprint density at radius 2 is 1.79 bits per heavy atom. The Labute approximate surface area is 84.1 Å². The maximum absolute atomic E-state index is 5.99. The summed E-state index contributed by atoms with van der Waals surface area (Å²) in [6, 6.07) is 10.0. The third-order valence-corrected chi connectivity index (χ3v) is 3.47. The van der Waals surface area contributed by atoms with Gasteiger partial charge in [0.1, 0.15) is 5.75 Å². The molecule has 0 spiro atoms. The minimum Gasteiger partial charge on any atom is -0.493 e. The highest BCUT2D eigenvalue weighted by Crippen LogP contribution is 2.65. The number of ether oxygens (including phenoxy) is 1. The third-order valence-electron chi connectivity index (χ3n) is 3.47. The minimum atomic E-state index is 0.194. The molecule has 2 heteroatoms. The zero-order chi connectivity index (χ0) is 9.65. The van der Waals surface area contributed by atoms with Crippen LogP contribution in [0.2, 0.25) is 0 Å². The Kier molecular flexibility index (Phi) is 1.49. The first kappa shape index (κ1) is 8.30. The van der Waals surface area contributed by atoms with E-state index in [1.807, 2.05) is 30.3 Å². The summed E-state index contributed by atoms with van der Waals surface area (Å²) in [5.74, 6) is 0.975. The van der Waals surface area contributed by atoms with Crippen molar-refractivity contribution < 1.29 is 4.74 Å². The number of hydrogen-bond donors (Lipinski definition) is 1. The smallest absolute Gasteiger partial charge is 0.119 e. The Bertz CT molecular complexity index is 327. The molecule has 74 valence electrons. The van der Waals surface area contributed by atoms with Gasteiger partial charge in [-0.3, -0.25) is 0 Å². The number of rotatable bonds is 3. The Morgan fingerprint density at radius 1 is 1.14 bits per heavy atom. The highest BCUT2D eigenvalue weighted by molar-refractivity contribution is 5.24. The van der Waals surface area contributed by atoms with Crippen molar-refractivity contribution in [3.05, 3.63) is 30.3 Å². The summed E-state index contributed by atoms with van der Waals surface area (Å²) in [4.78, 5) is 0. The van der Waals surface area contributed by atoms with Gasteiger partial charge in [-0.2, -0.15) is 0 Å². The minimum absolute atomic E-state index is 0.194. The van der Waals surface area contributed by atoms with E-state index >= 15 is 0 Å². The lowest BCUT2D eigenvalue weighted by atomic mass is 9.40. The van der Waals surface area contributed by atoms with Gasteiger partial charge in [0.25, 0.3) is 0 Å². The molecule has 3 saturated carbocycles. The molecule has 0 amide bonds. The van der Waals surface area contributed by atoms with E-state index in [4.69, 9.17) is 10.5 Å². The highest BCUT2D eigenvalue weighted by atomic mass is 16.5. The van der Waals surface area contributed by atoms with Crippen molar-refractivity contribution in [2.75, 3.05) is 6.61 Å². The Morgan fingerprint density at radius 3 is 2.36 bits per heavy atom. The first-order valence-electron chi connectivity index (χ1n) is 5.17. The van der Waals surface area contributed by atoms with Gasteiger partial charge in [-0.05, 0) is 31.4 Å². The molecule has 0 saturated heterocycles. The average Bonchev–Trinajstić information content (AvgIpc) is 2.11. The fraction of sp³-hybridized carbons (Fsp3) is 0.500. The molecule has 0 aliphatic heterocycles. The molecular weight excluding hydrogens is 174 g/mol. The molecule has 14 heavy (non-hydrogen) atoms. The maximum Gasteiger partial charge on any atom is 0.119 e. The fourth-order valence-corrected chi connectivity index (χ4v) is 2.99. The standard InChI is InChI=1S/C12H15NO/c13-12-6-11(7-12,8-12)9-14-10-4-2-1-3-5-10/h1-5H,6-9,13H2. The van der Waals surface area contributed by atoms with Crippen LogP contribution in [0.3, 0.4) is 0 Å². The predicted octanol–water partition coefficient (Wildman–Crippen LogP) is 1.95. The molecule has 3 aliphatic rings. The van der Waals surface area contributed by atoms with Crippen molar-refractivity contribution in [2.24, 2.45) is 11.1 Å². The van der Waals surface area contributed by atoms with Crippen molar-refractivity contribution in [3.8, 4) is 5.75 Å². The summed E-state index contributed by atoms with van der Waals surface area (Å²) in [5.41, 5.74) is 6.62. The van der Waals surface area contributed by atoms with E-state index in [9.17, 15) is 0 Å². The van der Waals surface area contributed by atoms with E-state index in [0.29, 0.717) is 5.41 Å². The van der Waals surface area contributed by atoms with E-state index in [1.165, 1.54) is 0 Å². The zero-order valence-electron chi connectivity index (χ0n) is 8.20. The topological polar surface area (TPSA) is 35.2 Å². The summed E-state index contributed by atoms with van der Waals surface area (Å²) in [6.45, 7) is 0.843. The normalized spacial score (nSPS) is 38.4. The van der Waals surface area contributed by atoms with Crippen molar-refractivity contribution in [3.63, 3.8) is 0 Å². The quantitative estimate of drug-likeness (QED) is 0.788. The number of benzene rings is 1. The molecule has 3 aliphatic carbocycles. The van der Waals surface area contributed by atoms with Crippen molar-refractivity contribution in [1.82, 2.24) is 0 Å². The van der Waals surface area contributed by atoms with Crippen LogP contribution in [0.15, 0.2) is 30.3 Å². The number of hydrogen-bond acceptors (Lipinski definition) is 2. The van der Waals surface area contributed by atoms with E-state index < -0.39 is 0 Å². The van der Waals surface area contributed by atoms with Crippen LogP contribution in [-0.4, -0.2) is 12.1 Å². The van der Waals surface area contributed by atoms with Crippen LogP contribution in [0.1, 0.15) is 19.3 Å². The monoisotopic (exact) mass is 189 g/mol. The maximum atomic E-state index is 5.99. The van der Waals surface area contributed by atoms with Gasteiger partial charge < -0.3 is 10.5 Å². The summed E-state index contributed by atoms with van der Waals surface area (Å²) < 4.78 is 5.74. The SMILES string of the molecule is NC12CC(COc3ccccc3)(C1)C2. The molecule has 0 atom stereocenters. The van der Waals surface area contributed by atoms with Gasteiger partial charge in [0.05, 0.1) is 6.61 Å². The predicted molar refractivity (Wildman–Crippen MR) is 55.1 cm³/mol. The lowest BCUT2D eigenvalue weighted by Gasteiger charge is -2.68. The molecular formula is C12H15NO. The van der Waals surface area contributed by atoms with Crippen molar-refractivity contribution in [2.45, 2.75) is 24.8 Å². The van der Waals surface area contributed by atoms with Crippen LogP contribution in [-0.2, 0) is 0 Å². The summed E-state index contributed by atoms with van der Waals surface area (Å²) in [6.07, 6.45) is 3.48. The molecule has 0 aromatic heterocycles. The molecule has 1 aromatic carbocycles. The van der Waals surface area contributed by atoms with Gasteiger partial charge in [0, 0.05) is 11.0 Å². The average molecular weight is 189 g/mol. The van der Waals surface area contributed by atoms with E-state index in [0.717, 1.165) is 31.6 Å². The van der Waals surface area contributed by atoms with Gasteiger partial charge in [0.2, 0.25) is 0 Å². The molecule has 0 radical (unpaired) electrons. The van der Waals surface area contributed by atoms with Crippen molar-refractivity contribution in [1.29, 1.82) is 0 Å². The van der Waals surface area contributed by atoms with Gasteiger partial charge in [-0.25, -0.2) is 0 Å².